The van der Waals surface area contributed by atoms with Crippen molar-refractivity contribution in [3.8, 4) is 22.6 Å². The number of halogens is 1. The molecule has 0 saturated carbocycles. The SMILES string of the molecule is O=C(O)C1CN(Cc2ccc3c(Nc4cccc(-c5ccc6c(c5)OCCO6)c4Cl)nsc3c2)C1. The number of carboxylic acid groups (broad SMARTS) is 1. The molecule has 2 aliphatic rings. The van der Waals surface area contributed by atoms with Crippen molar-refractivity contribution in [3.05, 3.63) is 65.2 Å². The predicted octanol–water partition coefficient (Wildman–Crippen LogP) is 5.65. The summed E-state index contributed by atoms with van der Waals surface area (Å²) in [5, 5.41) is 14.1. The molecule has 0 spiro atoms. The van der Waals surface area contributed by atoms with Crippen molar-refractivity contribution in [2.24, 2.45) is 5.92 Å². The molecule has 178 valence electrons. The van der Waals surface area contributed by atoms with Gasteiger partial charge in [0.25, 0.3) is 0 Å². The Morgan fingerprint density at radius 1 is 1.11 bits per heavy atom. The molecule has 1 aromatic heterocycles. The maximum absolute atomic E-state index is 11.0. The second-order valence-corrected chi connectivity index (χ2v) is 9.92. The number of nitrogens with one attached hydrogen (secondary N) is 1. The molecule has 4 aromatic rings. The van der Waals surface area contributed by atoms with Crippen LogP contribution in [0.4, 0.5) is 11.5 Å². The van der Waals surface area contributed by atoms with Gasteiger partial charge in [-0.05, 0) is 53.0 Å². The summed E-state index contributed by atoms with van der Waals surface area (Å²) in [5.41, 5.74) is 3.77. The first-order valence-corrected chi connectivity index (χ1v) is 12.5. The molecule has 7 nitrogen and oxygen atoms in total. The van der Waals surface area contributed by atoms with Crippen molar-refractivity contribution in [1.29, 1.82) is 0 Å². The van der Waals surface area contributed by atoms with E-state index in [-0.39, 0.29) is 5.92 Å². The highest BCUT2D eigenvalue weighted by atomic mass is 35.5. The molecule has 0 aliphatic carbocycles. The molecule has 2 N–H and O–H groups in total. The van der Waals surface area contributed by atoms with Crippen molar-refractivity contribution in [2.45, 2.75) is 6.54 Å². The topological polar surface area (TPSA) is 83.9 Å². The van der Waals surface area contributed by atoms with Gasteiger partial charge in [0, 0.05) is 30.6 Å². The summed E-state index contributed by atoms with van der Waals surface area (Å²) in [6.45, 7) is 3.02. The van der Waals surface area contributed by atoms with E-state index in [4.69, 9.17) is 26.2 Å². The molecule has 1 saturated heterocycles. The zero-order valence-electron chi connectivity index (χ0n) is 18.7. The molecule has 35 heavy (non-hydrogen) atoms. The molecule has 0 bridgehead atoms. The molecule has 0 amide bonds. The molecule has 6 rings (SSSR count). The van der Waals surface area contributed by atoms with Crippen LogP contribution in [-0.2, 0) is 11.3 Å². The highest BCUT2D eigenvalue weighted by Gasteiger charge is 2.32. The molecule has 0 radical (unpaired) electrons. The number of ether oxygens (including phenoxy) is 2. The number of likely N-dealkylation sites (tertiary alicyclic amines) is 1. The standard InChI is InChI=1S/C26H22ClN3O4S/c27-24-18(16-5-7-21-22(11-16)34-9-8-33-21)2-1-3-20(24)28-25-19-6-4-15(10-23(19)35-29-25)12-30-13-17(14-30)26(31)32/h1-7,10-11,17H,8-9,12-14H2,(H,28,29)(H,31,32). The lowest BCUT2D eigenvalue weighted by Gasteiger charge is -2.36. The average molecular weight is 508 g/mol. The number of rotatable bonds is 6. The van der Waals surface area contributed by atoms with Crippen LogP contribution in [0, 0.1) is 5.92 Å². The number of carboxylic acids is 1. The fourth-order valence-electron chi connectivity index (χ4n) is 4.47. The summed E-state index contributed by atoms with van der Waals surface area (Å²) in [6.07, 6.45) is 0. The number of aromatic nitrogens is 1. The van der Waals surface area contributed by atoms with Crippen molar-refractivity contribution in [1.82, 2.24) is 9.27 Å². The summed E-state index contributed by atoms with van der Waals surface area (Å²) in [5.74, 6) is 1.26. The average Bonchev–Trinajstić information content (AvgIpc) is 3.24. The summed E-state index contributed by atoms with van der Waals surface area (Å²) in [4.78, 5) is 13.2. The van der Waals surface area contributed by atoms with Crippen molar-refractivity contribution in [2.75, 3.05) is 31.6 Å². The van der Waals surface area contributed by atoms with Gasteiger partial charge in [0.15, 0.2) is 17.3 Å². The van der Waals surface area contributed by atoms with Gasteiger partial charge in [0.1, 0.15) is 13.2 Å². The van der Waals surface area contributed by atoms with Crippen LogP contribution in [0.15, 0.2) is 54.6 Å². The van der Waals surface area contributed by atoms with Crippen LogP contribution in [0.3, 0.4) is 0 Å². The van der Waals surface area contributed by atoms with E-state index < -0.39 is 5.97 Å². The zero-order chi connectivity index (χ0) is 23.9. The largest absolute Gasteiger partial charge is 0.486 e. The van der Waals surface area contributed by atoms with Crippen LogP contribution in [0.2, 0.25) is 5.02 Å². The highest BCUT2D eigenvalue weighted by Crippen LogP contribution is 2.40. The molecular formula is C26H22ClN3O4S. The zero-order valence-corrected chi connectivity index (χ0v) is 20.2. The van der Waals surface area contributed by atoms with Crippen molar-refractivity contribution >= 4 is 50.7 Å². The Morgan fingerprint density at radius 2 is 1.94 bits per heavy atom. The lowest BCUT2D eigenvalue weighted by atomic mass is 9.99. The molecule has 2 aliphatic heterocycles. The van der Waals surface area contributed by atoms with Gasteiger partial charge < -0.3 is 19.9 Å². The third kappa shape index (κ3) is 4.29. The quantitative estimate of drug-likeness (QED) is 0.349. The summed E-state index contributed by atoms with van der Waals surface area (Å²) in [7, 11) is 0. The predicted molar refractivity (Wildman–Crippen MR) is 137 cm³/mol. The van der Waals surface area contributed by atoms with E-state index >= 15 is 0 Å². The van der Waals surface area contributed by atoms with Gasteiger partial charge in [-0.15, -0.1) is 0 Å². The van der Waals surface area contributed by atoms with Gasteiger partial charge in [0.05, 0.1) is 21.3 Å². The van der Waals surface area contributed by atoms with Crippen LogP contribution in [0.1, 0.15) is 5.56 Å². The van der Waals surface area contributed by atoms with Gasteiger partial charge >= 0.3 is 5.97 Å². The van der Waals surface area contributed by atoms with E-state index in [1.165, 1.54) is 11.5 Å². The number of hydrogen-bond acceptors (Lipinski definition) is 7. The Balaban J connectivity index is 1.22. The van der Waals surface area contributed by atoms with Crippen LogP contribution < -0.4 is 14.8 Å². The van der Waals surface area contributed by atoms with E-state index in [0.29, 0.717) is 31.3 Å². The molecule has 3 heterocycles. The van der Waals surface area contributed by atoms with Crippen molar-refractivity contribution in [3.63, 3.8) is 0 Å². The fraction of sp³-hybridized carbons (Fsp3) is 0.231. The number of benzene rings is 3. The van der Waals surface area contributed by atoms with Gasteiger partial charge in [-0.3, -0.25) is 9.69 Å². The maximum atomic E-state index is 11.0. The van der Waals surface area contributed by atoms with E-state index in [9.17, 15) is 4.79 Å². The molecule has 9 heteroatoms. The number of anilines is 2. The van der Waals surface area contributed by atoms with Gasteiger partial charge in [0.2, 0.25) is 0 Å². The Morgan fingerprint density at radius 3 is 2.77 bits per heavy atom. The first kappa shape index (κ1) is 22.2. The molecular weight excluding hydrogens is 486 g/mol. The summed E-state index contributed by atoms with van der Waals surface area (Å²) >= 11 is 8.26. The first-order chi connectivity index (χ1) is 17.0. The van der Waals surface area contributed by atoms with Crippen LogP contribution in [0.5, 0.6) is 11.5 Å². The molecule has 3 aromatic carbocycles. The first-order valence-electron chi connectivity index (χ1n) is 11.3. The van der Waals surface area contributed by atoms with Crippen LogP contribution in [-0.4, -0.2) is 46.7 Å². The minimum Gasteiger partial charge on any atom is -0.486 e. The Bertz CT molecular complexity index is 1430. The Labute approximate surface area is 211 Å². The van der Waals surface area contributed by atoms with Gasteiger partial charge in [-0.2, -0.15) is 4.37 Å². The minimum atomic E-state index is -0.716. The Kier molecular flexibility index (Phi) is 5.72. The minimum absolute atomic E-state index is 0.249. The maximum Gasteiger partial charge on any atom is 0.309 e. The monoisotopic (exact) mass is 507 g/mol. The number of carbonyl (C=O) groups is 1. The van der Waals surface area contributed by atoms with Crippen LogP contribution >= 0.6 is 23.1 Å². The lowest BCUT2D eigenvalue weighted by molar-refractivity contribution is -0.147. The van der Waals surface area contributed by atoms with Crippen LogP contribution in [0.25, 0.3) is 21.2 Å². The molecule has 1 fully saturated rings. The normalized spacial score (nSPS) is 15.7. The Hall–Kier alpha value is -3.33. The summed E-state index contributed by atoms with van der Waals surface area (Å²) in [6, 6.07) is 18.0. The second kappa shape index (κ2) is 9.03. The van der Waals surface area contributed by atoms with E-state index in [1.54, 1.807) is 0 Å². The van der Waals surface area contributed by atoms with Gasteiger partial charge in [-0.1, -0.05) is 35.9 Å². The highest BCUT2D eigenvalue weighted by molar-refractivity contribution is 7.13. The van der Waals surface area contributed by atoms with E-state index in [2.05, 4.69) is 32.8 Å². The lowest BCUT2D eigenvalue weighted by Crippen LogP contribution is -2.49. The second-order valence-electron chi connectivity index (χ2n) is 8.74. The van der Waals surface area contributed by atoms with Crippen molar-refractivity contribution < 1.29 is 19.4 Å². The number of aliphatic carboxylic acids is 1. The molecule has 0 unspecified atom stereocenters. The molecule has 0 atom stereocenters. The fourth-order valence-corrected chi connectivity index (χ4v) is 5.56. The van der Waals surface area contributed by atoms with E-state index in [1.807, 2.05) is 36.4 Å². The number of hydrogen-bond donors (Lipinski definition) is 2. The van der Waals surface area contributed by atoms with E-state index in [0.717, 1.165) is 56.3 Å². The van der Waals surface area contributed by atoms with Gasteiger partial charge in [-0.25, -0.2) is 0 Å². The number of fused-ring (bicyclic) bond motifs is 2. The smallest absolute Gasteiger partial charge is 0.309 e. The summed E-state index contributed by atoms with van der Waals surface area (Å²) < 4.78 is 17.1. The number of nitrogens with zero attached hydrogens (tertiary/aromatic N) is 2. The third-order valence-electron chi connectivity index (χ3n) is 6.35. The third-order valence-corrected chi connectivity index (χ3v) is 7.57.